The van der Waals surface area contributed by atoms with Gasteiger partial charge in [-0.05, 0) is 42.8 Å². The van der Waals surface area contributed by atoms with Crippen LogP contribution in [0.4, 0.5) is 10.1 Å². The number of halogens is 1. The summed E-state index contributed by atoms with van der Waals surface area (Å²) in [6.45, 7) is 1.68. The molecular formula is C17H17FN2O4. The SMILES string of the molecule is Cc1cc(F)ccc1NC(=O)CCNC(=O)c1c(O)cccc1O. The molecule has 0 radical (unpaired) electrons. The third kappa shape index (κ3) is 4.22. The summed E-state index contributed by atoms with van der Waals surface area (Å²) < 4.78 is 13.0. The zero-order valence-electron chi connectivity index (χ0n) is 13.0. The maximum atomic E-state index is 13.0. The Balaban J connectivity index is 1.87. The minimum Gasteiger partial charge on any atom is -0.507 e. The second kappa shape index (κ2) is 7.45. The van der Waals surface area contributed by atoms with Gasteiger partial charge >= 0.3 is 0 Å². The van der Waals surface area contributed by atoms with E-state index in [1.807, 2.05) is 0 Å². The predicted molar refractivity (Wildman–Crippen MR) is 86.5 cm³/mol. The van der Waals surface area contributed by atoms with Crippen molar-refractivity contribution in [3.05, 3.63) is 53.3 Å². The molecule has 2 aromatic carbocycles. The fourth-order valence-corrected chi connectivity index (χ4v) is 2.12. The van der Waals surface area contributed by atoms with Crippen LogP contribution in [0, 0.1) is 12.7 Å². The maximum absolute atomic E-state index is 13.0. The Labute approximate surface area is 137 Å². The Morgan fingerprint density at radius 2 is 1.79 bits per heavy atom. The summed E-state index contributed by atoms with van der Waals surface area (Å²) in [5.74, 6) is -2.12. The standard InChI is InChI=1S/C17H17FN2O4/c1-10-9-11(18)5-6-12(10)20-15(23)7-8-19-17(24)16-13(21)3-2-4-14(16)22/h2-6,9,21-22H,7-8H2,1H3,(H,19,24)(H,20,23). The van der Waals surface area contributed by atoms with Crippen LogP contribution in [0.25, 0.3) is 0 Å². The summed E-state index contributed by atoms with van der Waals surface area (Å²) in [6.07, 6.45) is -0.0170. The number of phenols is 2. The van der Waals surface area contributed by atoms with E-state index in [1.54, 1.807) is 6.92 Å². The van der Waals surface area contributed by atoms with Crippen molar-refractivity contribution in [3.63, 3.8) is 0 Å². The Kier molecular flexibility index (Phi) is 5.36. The van der Waals surface area contributed by atoms with Gasteiger partial charge in [0.25, 0.3) is 5.91 Å². The number of amides is 2. The lowest BCUT2D eigenvalue weighted by Gasteiger charge is -2.10. The van der Waals surface area contributed by atoms with E-state index in [0.29, 0.717) is 11.3 Å². The number of carbonyl (C=O) groups is 2. The smallest absolute Gasteiger partial charge is 0.258 e. The molecule has 0 unspecified atom stereocenters. The molecule has 0 aromatic heterocycles. The molecule has 7 heteroatoms. The molecule has 0 heterocycles. The fraction of sp³-hybridized carbons (Fsp3) is 0.176. The van der Waals surface area contributed by atoms with E-state index in [-0.39, 0.29) is 41.8 Å². The normalized spacial score (nSPS) is 10.2. The van der Waals surface area contributed by atoms with Crippen LogP contribution in [-0.2, 0) is 4.79 Å². The number of aryl methyl sites for hydroxylation is 1. The first-order chi connectivity index (χ1) is 11.4. The molecule has 2 amide bonds. The third-order valence-electron chi connectivity index (χ3n) is 3.35. The summed E-state index contributed by atoms with van der Waals surface area (Å²) in [5.41, 5.74) is 0.838. The first-order valence-electron chi connectivity index (χ1n) is 7.23. The van der Waals surface area contributed by atoms with Gasteiger partial charge in [0, 0.05) is 18.7 Å². The van der Waals surface area contributed by atoms with Gasteiger partial charge < -0.3 is 20.8 Å². The highest BCUT2D eigenvalue weighted by Gasteiger charge is 2.16. The third-order valence-corrected chi connectivity index (χ3v) is 3.35. The molecule has 126 valence electrons. The molecule has 24 heavy (non-hydrogen) atoms. The predicted octanol–water partition coefficient (Wildman–Crippen LogP) is 2.30. The summed E-state index contributed by atoms with van der Waals surface area (Å²) in [7, 11) is 0. The summed E-state index contributed by atoms with van der Waals surface area (Å²) >= 11 is 0. The number of rotatable bonds is 5. The topological polar surface area (TPSA) is 98.7 Å². The van der Waals surface area contributed by atoms with Crippen molar-refractivity contribution in [2.45, 2.75) is 13.3 Å². The maximum Gasteiger partial charge on any atom is 0.258 e. The summed E-state index contributed by atoms with van der Waals surface area (Å²) in [4.78, 5) is 23.8. The van der Waals surface area contributed by atoms with E-state index < -0.39 is 5.91 Å². The number of nitrogens with one attached hydrogen (secondary N) is 2. The van der Waals surface area contributed by atoms with Gasteiger partial charge in [0.2, 0.25) is 5.91 Å². The first kappa shape index (κ1) is 17.3. The van der Waals surface area contributed by atoms with Gasteiger partial charge in [0.1, 0.15) is 22.9 Å². The molecule has 2 rings (SSSR count). The molecule has 0 aliphatic heterocycles. The molecule has 0 atom stereocenters. The molecule has 2 aromatic rings. The number of carbonyl (C=O) groups excluding carboxylic acids is 2. The molecule has 0 saturated heterocycles. The molecular weight excluding hydrogens is 315 g/mol. The summed E-state index contributed by atoms with van der Waals surface area (Å²) in [6, 6.07) is 7.96. The molecule has 0 fully saturated rings. The van der Waals surface area contributed by atoms with Crippen LogP contribution >= 0.6 is 0 Å². The van der Waals surface area contributed by atoms with Crippen molar-refractivity contribution in [1.82, 2.24) is 5.32 Å². The largest absolute Gasteiger partial charge is 0.507 e. The van der Waals surface area contributed by atoms with Crippen LogP contribution in [0.3, 0.4) is 0 Å². The van der Waals surface area contributed by atoms with Crippen LogP contribution in [0.15, 0.2) is 36.4 Å². The fourth-order valence-electron chi connectivity index (χ4n) is 2.12. The average molecular weight is 332 g/mol. The average Bonchev–Trinajstić information content (AvgIpc) is 2.50. The van der Waals surface area contributed by atoms with Crippen LogP contribution in [0.2, 0.25) is 0 Å². The molecule has 0 bridgehead atoms. The van der Waals surface area contributed by atoms with Crippen molar-refractivity contribution >= 4 is 17.5 Å². The highest BCUT2D eigenvalue weighted by atomic mass is 19.1. The van der Waals surface area contributed by atoms with Crippen molar-refractivity contribution in [1.29, 1.82) is 0 Å². The highest BCUT2D eigenvalue weighted by molar-refractivity contribution is 5.99. The zero-order chi connectivity index (χ0) is 17.7. The number of hydrogen-bond donors (Lipinski definition) is 4. The lowest BCUT2D eigenvalue weighted by atomic mass is 10.1. The molecule has 0 aliphatic carbocycles. The molecule has 0 spiro atoms. The second-order valence-electron chi connectivity index (χ2n) is 5.18. The van der Waals surface area contributed by atoms with Crippen molar-refractivity contribution < 1.29 is 24.2 Å². The van der Waals surface area contributed by atoms with Gasteiger partial charge in [-0.2, -0.15) is 0 Å². The molecule has 6 nitrogen and oxygen atoms in total. The molecule has 4 N–H and O–H groups in total. The van der Waals surface area contributed by atoms with Gasteiger partial charge in [0.05, 0.1) is 0 Å². The summed E-state index contributed by atoms with van der Waals surface area (Å²) in [5, 5.41) is 24.2. The Morgan fingerprint density at radius 3 is 2.42 bits per heavy atom. The Hall–Kier alpha value is -3.09. The Morgan fingerprint density at radius 1 is 1.12 bits per heavy atom. The van der Waals surface area contributed by atoms with E-state index in [4.69, 9.17) is 0 Å². The van der Waals surface area contributed by atoms with E-state index in [0.717, 1.165) is 0 Å². The monoisotopic (exact) mass is 332 g/mol. The van der Waals surface area contributed by atoms with Crippen LogP contribution in [0.1, 0.15) is 22.3 Å². The second-order valence-corrected chi connectivity index (χ2v) is 5.18. The minimum absolute atomic E-state index is 0.0126. The van der Waals surface area contributed by atoms with Gasteiger partial charge in [-0.1, -0.05) is 6.07 Å². The minimum atomic E-state index is -0.684. The van der Waals surface area contributed by atoms with E-state index in [2.05, 4.69) is 10.6 Å². The van der Waals surface area contributed by atoms with Crippen LogP contribution < -0.4 is 10.6 Å². The van der Waals surface area contributed by atoms with Gasteiger partial charge in [-0.25, -0.2) is 4.39 Å². The van der Waals surface area contributed by atoms with E-state index in [1.165, 1.54) is 36.4 Å². The number of aromatic hydroxyl groups is 2. The lowest BCUT2D eigenvalue weighted by molar-refractivity contribution is -0.116. The first-order valence-corrected chi connectivity index (χ1v) is 7.23. The van der Waals surface area contributed by atoms with Crippen molar-refractivity contribution in [2.24, 2.45) is 0 Å². The van der Waals surface area contributed by atoms with Gasteiger partial charge in [-0.15, -0.1) is 0 Å². The Bertz CT molecular complexity index is 757. The van der Waals surface area contributed by atoms with Crippen LogP contribution in [-0.4, -0.2) is 28.6 Å². The van der Waals surface area contributed by atoms with Crippen molar-refractivity contribution in [2.75, 3.05) is 11.9 Å². The molecule has 0 aliphatic rings. The quantitative estimate of drug-likeness (QED) is 0.675. The molecule has 0 saturated carbocycles. The number of hydrogen-bond acceptors (Lipinski definition) is 4. The van der Waals surface area contributed by atoms with Crippen LogP contribution in [0.5, 0.6) is 11.5 Å². The lowest BCUT2D eigenvalue weighted by Crippen LogP contribution is -2.27. The van der Waals surface area contributed by atoms with Gasteiger partial charge in [0.15, 0.2) is 0 Å². The number of benzene rings is 2. The highest BCUT2D eigenvalue weighted by Crippen LogP contribution is 2.25. The van der Waals surface area contributed by atoms with Gasteiger partial charge in [-0.3, -0.25) is 9.59 Å². The van der Waals surface area contributed by atoms with E-state index >= 15 is 0 Å². The number of phenolic OH excluding ortho intramolecular Hbond substituents is 2. The number of anilines is 1. The van der Waals surface area contributed by atoms with E-state index in [9.17, 15) is 24.2 Å². The zero-order valence-corrected chi connectivity index (χ0v) is 13.0. The van der Waals surface area contributed by atoms with Crippen molar-refractivity contribution in [3.8, 4) is 11.5 Å².